The first-order valence-corrected chi connectivity index (χ1v) is 8.17. The summed E-state index contributed by atoms with van der Waals surface area (Å²) in [6.45, 7) is 0.321. The molecule has 0 bridgehead atoms. The minimum atomic E-state index is -0.186. The fraction of sp³-hybridized carbons (Fsp3) is 0.0556. The molecule has 0 aliphatic heterocycles. The van der Waals surface area contributed by atoms with Crippen molar-refractivity contribution in [2.75, 3.05) is 0 Å². The van der Waals surface area contributed by atoms with Crippen molar-refractivity contribution in [3.63, 3.8) is 0 Å². The molecule has 2 aromatic carbocycles. The van der Waals surface area contributed by atoms with Crippen LogP contribution in [0.15, 0.2) is 69.6 Å². The molecule has 1 heterocycles. The van der Waals surface area contributed by atoms with Gasteiger partial charge in [-0.15, -0.1) is 0 Å². The van der Waals surface area contributed by atoms with Gasteiger partial charge in [0.25, 0.3) is 5.91 Å². The summed E-state index contributed by atoms with van der Waals surface area (Å²) in [4.78, 5) is 12.1. The zero-order chi connectivity index (χ0) is 16.2. The van der Waals surface area contributed by atoms with E-state index >= 15 is 0 Å². The molecule has 1 aromatic heterocycles. The summed E-state index contributed by atoms with van der Waals surface area (Å²) in [5.74, 6) is 1.27. The molecule has 1 N–H and O–H groups in total. The zero-order valence-electron chi connectivity index (χ0n) is 12.1. The third-order valence-electron chi connectivity index (χ3n) is 3.30. The highest BCUT2D eigenvalue weighted by molar-refractivity contribution is 9.10. The molecule has 0 unspecified atom stereocenters. The van der Waals surface area contributed by atoms with Gasteiger partial charge >= 0.3 is 0 Å². The van der Waals surface area contributed by atoms with Crippen LogP contribution in [-0.4, -0.2) is 5.91 Å². The van der Waals surface area contributed by atoms with Gasteiger partial charge in [0.05, 0.1) is 6.54 Å². The van der Waals surface area contributed by atoms with Gasteiger partial charge < -0.3 is 9.73 Å². The number of amides is 1. The van der Waals surface area contributed by atoms with Crippen molar-refractivity contribution in [2.24, 2.45) is 0 Å². The Balaban J connectivity index is 1.65. The van der Waals surface area contributed by atoms with E-state index in [2.05, 4.69) is 21.2 Å². The number of carbonyl (C=O) groups is 1. The maximum atomic E-state index is 12.1. The summed E-state index contributed by atoms with van der Waals surface area (Å²) in [6.07, 6.45) is 0. The van der Waals surface area contributed by atoms with Crippen LogP contribution in [0.25, 0.3) is 11.3 Å². The Hall–Kier alpha value is -2.04. The van der Waals surface area contributed by atoms with Crippen molar-refractivity contribution < 1.29 is 9.21 Å². The first-order valence-electron chi connectivity index (χ1n) is 7.00. The van der Waals surface area contributed by atoms with Crippen molar-refractivity contribution in [2.45, 2.75) is 6.54 Å². The van der Waals surface area contributed by atoms with Crippen LogP contribution in [0.2, 0.25) is 5.02 Å². The number of furan rings is 1. The number of carbonyl (C=O) groups excluding carboxylic acids is 1. The van der Waals surface area contributed by atoms with Gasteiger partial charge in [-0.3, -0.25) is 4.79 Å². The lowest BCUT2D eigenvalue weighted by atomic mass is 10.2. The Morgan fingerprint density at radius 2 is 1.87 bits per heavy atom. The second-order valence-electron chi connectivity index (χ2n) is 4.97. The van der Waals surface area contributed by atoms with Crippen molar-refractivity contribution in [1.29, 1.82) is 0 Å². The van der Waals surface area contributed by atoms with E-state index in [4.69, 9.17) is 16.0 Å². The van der Waals surface area contributed by atoms with Gasteiger partial charge in [-0.25, -0.2) is 0 Å². The van der Waals surface area contributed by atoms with E-state index in [-0.39, 0.29) is 5.91 Å². The number of hydrogen-bond donors (Lipinski definition) is 1. The van der Waals surface area contributed by atoms with Gasteiger partial charge in [0, 0.05) is 20.6 Å². The van der Waals surface area contributed by atoms with Gasteiger partial charge in [-0.2, -0.15) is 0 Å². The topological polar surface area (TPSA) is 42.2 Å². The normalized spacial score (nSPS) is 10.5. The predicted molar refractivity (Wildman–Crippen MR) is 94.5 cm³/mol. The van der Waals surface area contributed by atoms with Gasteiger partial charge in [-0.1, -0.05) is 45.7 Å². The number of benzene rings is 2. The summed E-state index contributed by atoms with van der Waals surface area (Å²) in [5, 5.41) is 3.35. The van der Waals surface area contributed by atoms with Crippen LogP contribution in [0, 0.1) is 0 Å². The molecule has 0 aliphatic carbocycles. The number of nitrogens with one attached hydrogen (secondary N) is 1. The van der Waals surface area contributed by atoms with Crippen molar-refractivity contribution in [1.82, 2.24) is 5.32 Å². The number of rotatable bonds is 4. The molecule has 3 aromatic rings. The summed E-state index contributed by atoms with van der Waals surface area (Å²) >= 11 is 9.29. The molecular weight excluding hydrogens is 378 g/mol. The lowest BCUT2D eigenvalue weighted by Crippen LogP contribution is -2.22. The molecule has 1 amide bonds. The Kier molecular flexibility index (Phi) is 4.84. The third kappa shape index (κ3) is 4.03. The molecule has 116 valence electrons. The van der Waals surface area contributed by atoms with Crippen molar-refractivity contribution >= 4 is 33.4 Å². The van der Waals surface area contributed by atoms with Crippen LogP contribution in [0.3, 0.4) is 0 Å². The zero-order valence-corrected chi connectivity index (χ0v) is 14.4. The van der Waals surface area contributed by atoms with E-state index in [1.54, 1.807) is 24.3 Å². The lowest BCUT2D eigenvalue weighted by molar-refractivity contribution is 0.0948. The van der Waals surface area contributed by atoms with E-state index in [0.717, 1.165) is 15.8 Å². The Morgan fingerprint density at radius 1 is 1.09 bits per heavy atom. The smallest absolute Gasteiger partial charge is 0.251 e. The SMILES string of the molecule is O=C(NCc1ccc(-c2ccc(Br)cc2)o1)c1cccc(Cl)c1. The second kappa shape index (κ2) is 7.02. The molecule has 0 saturated heterocycles. The third-order valence-corrected chi connectivity index (χ3v) is 4.06. The summed E-state index contributed by atoms with van der Waals surface area (Å²) in [6, 6.07) is 18.4. The fourth-order valence-electron chi connectivity index (χ4n) is 2.14. The standard InChI is InChI=1S/C18H13BrClNO2/c19-14-6-4-12(5-7-14)17-9-8-16(23-17)11-21-18(22)13-2-1-3-15(20)10-13/h1-10H,11H2,(H,21,22). The summed E-state index contributed by atoms with van der Waals surface area (Å²) in [7, 11) is 0. The monoisotopic (exact) mass is 389 g/mol. The maximum absolute atomic E-state index is 12.1. The van der Waals surface area contributed by atoms with Crippen molar-refractivity contribution in [3.8, 4) is 11.3 Å². The minimum absolute atomic E-state index is 0.186. The Labute approximate surface area is 147 Å². The van der Waals surface area contributed by atoms with Gasteiger partial charge in [-0.05, 0) is 42.5 Å². The molecule has 0 fully saturated rings. The van der Waals surface area contributed by atoms with Gasteiger partial charge in [0.2, 0.25) is 0 Å². The lowest BCUT2D eigenvalue weighted by Gasteiger charge is -2.04. The molecule has 0 saturated carbocycles. The van der Waals surface area contributed by atoms with E-state index in [9.17, 15) is 4.79 Å². The molecule has 3 rings (SSSR count). The van der Waals surface area contributed by atoms with Crippen LogP contribution in [0.5, 0.6) is 0 Å². The molecule has 0 spiro atoms. The number of halogens is 2. The van der Waals surface area contributed by atoms with Gasteiger partial charge in [0.1, 0.15) is 11.5 Å². The van der Waals surface area contributed by atoms with E-state index < -0.39 is 0 Å². The van der Waals surface area contributed by atoms with Crippen molar-refractivity contribution in [3.05, 3.63) is 81.5 Å². The second-order valence-corrected chi connectivity index (χ2v) is 6.32. The quantitative estimate of drug-likeness (QED) is 0.657. The van der Waals surface area contributed by atoms with Crippen LogP contribution in [-0.2, 0) is 6.54 Å². The average molecular weight is 391 g/mol. The number of hydrogen-bond acceptors (Lipinski definition) is 2. The molecule has 0 radical (unpaired) electrons. The van der Waals surface area contributed by atoms with Gasteiger partial charge in [0.15, 0.2) is 0 Å². The first-order chi connectivity index (χ1) is 11.1. The highest BCUT2D eigenvalue weighted by Gasteiger charge is 2.08. The highest BCUT2D eigenvalue weighted by atomic mass is 79.9. The van der Waals surface area contributed by atoms with E-state index in [0.29, 0.717) is 22.9 Å². The van der Waals surface area contributed by atoms with E-state index in [1.165, 1.54) is 0 Å². The van der Waals surface area contributed by atoms with Crippen LogP contribution < -0.4 is 5.32 Å². The molecule has 23 heavy (non-hydrogen) atoms. The largest absolute Gasteiger partial charge is 0.459 e. The Bertz CT molecular complexity index is 827. The van der Waals surface area contributed by atoms with Crippen LogP contribution in [0.4, 0.5) is 0 Å². The highest BCUT2D eigenvalue weighted by Crippen LogP contribution is 2.24. The fourth-order valence-corrected chi connectivity index (χ4v) is 2.60. The molecule has 0 atom stereocenters. The first kappa shape index (κ1) is 15.8. The summed E-state index contributed by atoms with van der Waals surface area (Å²) < 4.78 is 6.78. The van der Waals surface area contributed by atoms with E-state index in [1.807, 2.05) is 36.4 Å². The molecule has 3 nitrogen and oxygen atoms in total. The molecular formula is C18H13BrClNO2. The predicted octanol–water partition coefficient (Wildman–Crippen LogP) is 5.29. The molecule has 5 heteroatoms. The summed E-state index contributed by atoms with van der Waals surface area (Å²) in [5.41, 5.74) is 1.51. The van der Waals surface area contributed by atoms with Crippen LogP contribution >= 0.6 is 27.5 Å². The maximum Gasteiger partial charge on any atom is 0.251 e. The van der Waals surface area contributed by atoms with Crippen LogP contribution in [0.1, 0.15) is 16.1 Å². The Morgan fingerprint density at radius 3 is 2.61 bits per heavy atom. The molecule has 0 aliphatic rings. The minimum Gasteiger partial charge on any atom is -0.459 e. The average Bonchev–Trinajstić information content (AvgIpc) is 3.02.